The van der Waals surface area contributed by atoms with Crippen LogP contribution in [0.3, 0.4) is 0 Å². The molecule has 0 radical (unpaired) electrons. The second kappa shape index (κ2) is 4.72. The zero-order valence-electron chi connectivity index (χ0n) is 8.54. The van der Waals surface area contributed by atoms with E-state index in [0.717, 1.165) is 0 Å². The Balaban J connectivity index is 1.95. The normalized spacial score (nSPS) is 12.3. The zero-order valence-corrected chi connectivity index (χ0v) is 8.54. The third-order valence-corrected chi connectivity index (χ3v) is 2.13. The molecule has 2 rings (SSSR count). The fourth-order valence-electron chi connectivity index (χ4n) is 1.31. The molecule has 2 N–H and O–H groups in total. The van der Waals surface area contributed by atoms with Gasteiger partial charge in [-0.05, 0) is 24.3 Å². The van der Waals surface area contributed by atoms with E-state index in [4.69, 9.17) is 9.15 Å². The zero-order chi connectivity index (χ0) is 11.4. The molecule has 16 heavy (non-hydrogen) atoms. The third kappa shape index (κ3) is 2.35. The number of hydrogen-bond acceptors (Lipinski definition) is 4. The summed E-state index contributed by atoms with van der Waals surface area (Å²) in [6, 6.07) is 9.95. The highest BCUT2D eigenvalue weighted by molar-refractivity contribution is 5.37. The molecule has 0 spiro atoms. The first-order chi connectivity index (χ1) is 7.77. The van der Waals surface area contributed by atoms with E-state index in [1.807, 2.05) is 0 Å². The van der Waals surface area contributed by atoms with E-state index in [2.05, 4.69) is 0 Å². The van der Waals surface area contributed by atoms with Crippen LogP contribution < -0.4 is 4.74 Å². The van der Waals surface area contributed by atoms with Crippen LogP contribution >= 0.6 is 0 Å². The number of aliphatic hydroxyl groups is 1. The van der Waals surface area contributed by atoms with E-state index >= 15 is 0 Å². The van der Waals surface area contributed by atoms with Crippen molar-refractivity contribution < 1.29 is 19.4 Å². The summed E-state index contributed by atoms with van der Waals surface area (Å²) in [5.41, 5.74) is 0. The van der Waals surface area contributed by atoms with Crippen molar-refractivity contribution in [2.24, 2.45) is 0 Å². The molecular weight excluding hydrogens is 208 g/mol. The highest BCUT2D eigenvalue weighted by atomic mass is 16.5. The summed E-state index contributed by atoms with van der Waals surface area (Å²) in [6.07, 6.45) is 0.646. The molecule has 0 saturated heterocycles. The van der Waals surface area contributed by atoms with Crippen LogP contribution in [0, 0.1) is 0 Å². The maximum Gasteiger partial charge on any atom is 0.161 e. The van der Waals surface area contributed by atoms with E-state index in [1.165, 1.54) is 12.3 Å². The Kier molecular flexibility index (Phi) is 3.12. The molecule has 0 saturated carbocycles. The molecular formula is C12H12O4. The maximum atomic E-state index is 9.66. The quantitative estimate of drug-likeness (QED) is 0.828. The number of ether oxygens (including phenoxy) is 1. The van der Waals surface area contributed by atoms with Crippen molar-refractivity contribution in [2.75, 3.05) is 6.61 Å². The van der Waals surface area contributed by atoms with E-state index in [9.17, 15) is 10.2 Å². The van der Waals surface area contributed by atoms with Gasteiger partial charge < -0.3 is 19.4 Å². The Morgan fingerprint density at radius 2 is 2.00 bits per heavy atom. The smallest absolute Gasteiger partial charge is 0.161 e. The van der Waals surface area contributed by atoms with E-state index in [-0.39, 0.29) is 12.4 Å². The molecule has 1 aromatic carbocycles. The lowest BCUT2D eigenvalue weighted by atomic mass is 10.3. The summed E-state index contributed by atoms with van der Waals surface area (Å²) in [4.78, 5) is 0. The van der Waals surface area contributed by atoms with Crippen molar-refractivity contribution in [3.63, 3.8) is 0 Å². The van der Waals surface area contributed by atoms with Crippen LogP contribution in [-0.4, -0.2) is 16.8 Å². The minimum Gasteiger partial charge on any atom is -0.504 e. The summed E-state index contributed by atoms with van der Waals surface area (Å²) < 4.78 is 10.3. The molecule has 0 aliphatic heterocycles. The van der Waals surface area contributed by atoms with Crippen LogP contribution in [0.5, 0.6) is 11.5 Å². The number of aromatic hydroxyl groups is 1. The topological polar surface area (TPSA) is 62.8 Å². The molecule has 0 bridgehead atoms. The second-order valence-corrected chi connectivity index (χ2v) is 3.31. The van der Waals surface area contributed by atoms with Gasteiger partial charge in [-0.2, -0.15) is 0 Å². The van der Waals surface area contributed by atoms with E-state index in [0.29, 0.717) is 11.5 Å². The van der Waals surface area contributed by atoms with E-state index in [1.54, 1.807) is 30.3 Å². The van der Waals surface area contributed by atoms with Crippen molar-refractivity contribution >= 4 is 0 Å². The van der Waals surface area contributed by atoms with Crippen molar-refractivity contribution in [3.8, 4) is 11.5 Å². The van der Waals surface area contributed by atoms with Gasteiger partial charge in [0.25, 0.3) is 0 Å². The first kappa shape index (κ1) is 10.6. The van der Waals surface area contributed by atoms with Crippen LogP contribution in [0.4, 0.5) is 0 Å². The summed E-state index contributed by atoms with van der Waals surface area (Å²) >= 11 is 0. The van der Waals surface area contributed by atoms with Gasteiger partial charge in [0.1, 0.15) is 18.5 Å². The Bertz CT molecular complexity index is 436. The molecule has 84 valence electrons. The van der Waals surface area contributed by atoms with Gasteiger partial charge in [0.2, 0.25) is 0 Å². The lowest BCUT2D eigenvalue weighted by Crippen LogP contribution is -2.08. The van der Waals surface area contributed by atoms with Gasteiger partial charge in [-0.25, -0.2) is 0 Å². The monoisotopic (exact) mass is 220 g/mol. The SMILES string of the molecule is Oc1ccccc1OCC(O)c1ccco1. The largest absolute Gasteiger partial charge is 0.504 e. The van der Waals surface area contributed by atoms with Crippen molar-refractivity contribution in [3.05, 3.63) is 48.4 Å². The van der Waals surface area contributed by atoms with Crippen LogP contribution in [0.1, 0.15) is 11.9 Å². The molecule has 1 aromatic heterocycles. The predicted molar refractivity (Wildman–Crippen MR) is 57.3 cm³/mol. The van der Waals surface area contributed by atoms with Crippen molar-refractivity contribution in [1.29, 1.82) is 0 Å². The van der Waals surface area contributed by atoms with Crippen LogP contribution in [0.2, 0.25) is 0 Å². The molecule has 2 aromatic rings. The number of benzene rings is 1. The summed E-state index contributed by atoms with van der Waals surface area (Å²) in [5, 5.41) is 19.1. The second-order valence-electron chi connectivity index (χ2n) is 3.31. The van der Waals surface area contributed by atoms with Crippen LogP contribution in [0.25, 0.3) is 0 Å². The summed E-state index contributed by atoms with van der Waals surface area (Å²) in [5.74, 6) is 0.831. The van der Waals surface area contributed by atoms with E-state index < -0.39 is 6.10 Å². The average molecular weight is 220 g/mol. The Morgan fingerprint density at radius 1 is 1.19 bits per heavy atom. The predicted octanol–water partition coefficient (Wildman–Crippen LogP) is 2.10. The number of furan rings is 1. The highest BCUT2D eigenvalue weighted by Gasteiger charge is 2.11. The fourth-order valence-corrected chi connectivity index (χ4v) is 1.31. The number of para-hydroxylation sites is 2. The Hall–Kier alpha value is -1.94. The highest BCUT2D eigenvalue weighted by Crippen LogP contribution is 2.25. The van der Waals surface area contributed by atoms with Gasteiger partial charge in [0, 0.05) is 0 Å². The minimum absolute atomic E-state index is 0.0328. The Labute approximate surface area is 92.7 Å². The number of phenols is 1. The van der Waals surface area contributed by atoms with Crippen molar-refractivity contribution in [1.82, 2.24) is 0 Å². The number of rotatable bonds is 4. The lowest BCUT2D eigenvalue weighted by molar-refractivity contribution is 0.0874. The third-order valence-electron chi connectivity index (χ3n) is 2.13. The lowest BCUT2D eigenvalue weighted by Gasteiger charge is -2.10. The molecule has 0 aliphatic rings. The number of phenolic OH excluding ortho intramolecular Hbond substituents is 1. The van der Waals surface area contributed by atoms with Crippen LogP contribution in [-0.2, 0) is 0 Å². The maximum absolute atomic E-state index is 9.66. The molecule has 4 heteroatoms. The van der Waals surface area contributed by atoms with Gasteiger partial charge in [0.05, 0.1) is 6.26 Å². The average Bonchev–Trinajstić information content (AvgIpc) is 2.81. The molecule has 0 amide bonds. The molecule has 1 atom stereocenters. The number of aliphatic hydroxyl groups excluding tert-OH is 1. The first-order valence-corrected chi connectivity index (χ1v) is 4.89. The minimum atomic E-state index is -0.838. The van der Waals surface area contributed by atoms with Crippen molar-refractivity contribution in [2.45, 2.75) is 6.10 Å². The molecule has 1 unspecified atom stereocenters. The molecule has 0 fully saturated rings. The molecule has 1 heterocycles. The molecule has 0 aliphatic carbocycles. The first-order valence-electron chi connectivity index (χ1n) is 4.89. The standard InChI is InChI=1S/C12H12O4/c13-9-4-1-2-5-11(9)16-8-10(14)12-6-3-7-15-12/h1-7,10,13-14H,8H2. The van der Waals surface area contributed by atoms with Gasteiger partial charge in [0.15, 0.2) is 11.5 Å². The van der Waals surface area contributed by atoms with Gasteiger partial charge in [-0.1, -0.05) is 12.1 Å². The fraction of sp³-hybridized carbons (Fsp3) is 0.167. The number of hydrogen-bond donors (Lipinski definition) is 2. The Morgan fingerprint density at radius 3 is 2.69 bits per heavy atom. The van der Waals surface area contributed by atoms with Gasteiger partial charge in [-0.15, -0.1) is 0 Å². The summed E-state index contributed by atoms with van der Waals surface area (Å²) in [6.45, 7) is 0.0328. The van der Waals surface area contributed by atoms with Crippen LogP contribution in [0.15, 0.2) is 47.1 Å². The van der Waals surface area contributed by atoms with Gasteiger partial charge >= 0.3 is 0 Å². The van der Waals surface area contributed by atoms with Gasteiger partial charge in [-0.3, -0.25) is 0 Å². The summed E-state index contributed by atoms with van der Waals surface area (Å²) in [7, 11) is 0. The molecule has 4 nitrogen and oxygen atoms in total.